The lowest BCUT2D eigenvalue weighted by atomic mass is 10.1. The van der Waals surface area contributed by atoms with E-state index in [1.54, 1.807) is 4.90 Å². The van der Waals surface area contributed by atoms with Crippen molar-refractivity contribution in [2.75, 3.05) is 0 Å². The zero-order valence-electron chi connectivity index (χ0n) is 10.1. The Morgan fingerprint density at radius 1 is 1.33 bits per heavy atom. The minimum atomic E-state index is 0.00285. The van der Waals surface area contributed by atoms with Crippen molar-refractivity contribution in [2.45, 2.75) is 25.8 Å². The molecule has 1 N–H and O–H groups in total. The van der Waals surface area contributed by atoms with Gasteiger partial charge in [-0.1, -0.05) is 29.8 Å². The van der Waals surface area contributed by atoms with E-state index in [1.807, 2.05) is 37.3 Å². The van der Waals surface area contributed by atoms with Crippen LogP contribution in [0.2, 0.25) is 0 Å². The van der Waals surface area contributed by atoms with Gasteiger partial charge < -0.3 is 5.32 Å². The lowest BCUT2D eigenvalue weighted by Crippen LogP contribution is -2.32. The van der Waals surface area contributed by atoms with Crippen LogP contribution in [0, 0.1) is 6.92 Å². The molecule has 0 radical (unpaired) electrons. The maximum absolute atomic E-state index is 12.2. The Morgan fingerprint density at radius 2 is 2.00 bits per heavy atom. The number of aryl methyl sites for hydroxylation is 1. The molecule has 1 saturated carbocycles. The molecule has 3 nitrogen and oxygen atoms in total. The van der Waals surface area contributed by atoms with Gasteiger partial charge in [0.05, 0.1) is 0 Å². The largest absolute Gasteiger partial charge is 0.328 e. The zero-order chi connectivity index (χ0) is 12.7. The number of nitrogens with zero attached hydrogens (tertiary/aromatic N) is 1. The van der Waals surface area contributed by atoms with Crippen LogP contribution in [0.15, 0.2) is 30.0 Å². The molecule has 1 aromatic rings. The first-order chi connectivity index (χ1) is 8.65. The SMILES string of the molecule is Cc1ccc(/C=C2/NC(=S)N(C3CC3)C2=O)cc1. The van der Waals surface area contributed by atoms with Gasteiger partial charge in [-0.25, -0.2) is 0 Å². The number of carbonyl (C=O) groups is 1. The number of rotatable bonds is 2. The summed E-state index contributed by atoms with van der Waals surface area (Å²) in [6, 6.07) is 8.38. The first kappa shape index (κ1) is 11.4. The van der Waals surface area contributed by atoms with E-state index in [4.69, 9.17) is 12.2 Å². The smallest absolute Gasteiger partial charge is 0.276 e. The Morgan fingerprint density at radius 3 is 2.61 bits per heavy atom. The quantitative estimate of drug-likeness (QED) is 0.652. The third-order valence-corrected chi connectivity index (χ3v) is 3.51. The second-order valence-electron chi connectivity index (χ2n) is 4.81. The van der Waals surface area contributed by atoms with Gasteiger partial charge in [0.25, 0.3) is 5.91 Å². The molecule has 0 bridgehead atoms. The molecule has 1 heterocycles. The lowest BCUT2D eigenvalue weighted by molar-refractivity contribution is -0.122. The van der Waals surface area contributed by atoms with Gasteiger partial charge in [-0.3, -0.25) is 9.69 Å². The van der Waals surface area contributed by atoms with E-state index in [1.165, 1.54) is 5.56 Å². The minimum Gasteiger partial charge on any atom is -0.328 e. The van der Waals surface area contributed by atoms with Gasteiger partial charge >= 0.3 is 0 Å². The summed E-state index contributed by atoms with van der Waals surface area (Å²) in [6.45, 7) is 2.04. The fourth-order valence-corrected chi connectivity index (χ4v) is 2.38. The van der Waals surface area contributed by atoms with Gasteiger partial charge in [0.1, 0.15) is 5.70 Å². The summed E-state index contributed by atoms with van der Waals surface area (Å²) in [5.74, 6) is 0.00285. The number of amides is 1. The van der Waals surface area contributed by atoms with Crippen LogP contribution in [0.3, 0.4) is 0 Å². The van der Waals surface area contributed by atoms with Crippen LogP contribution < -0.4 is 5.32 Å². The summed E-state index contributed by atoms with van der Waals surface area (Å²) < 4.78 is 0. The maximum atomic E-state index is 12.2. The van der Waals surface area contributed by atoms with E-state index in [2.05, 4.69) is 5.32 Å². The highest BCUT2D eigenvalue weighted by molar-refractivity contribution is 7.80. The number of hydrogen-bond donors (Lipinski definition) is 1. The van der Waals surface area contributed by atoms with Crippen molar-refractivity contribution < 1.29 is 4.79 Å². The average molecular weight is 258 g/mol. The van der Waals surface area contributed by atoms with Gasteiger partial charge in [-0.15, -0.1) is 0 Å². The molecular weight excluding hydrogens is 244 g/mol. The number of benzene rings is 1. The molecule has 1 aliphatic heterocycles. The molecule has 92 valence electrons. The monoisotopic (exact) mass is 258 g/mol. The molecule has 1 aromatic carbocycles. The van der Waals surface area contributed by atoms with E-state index in [0.29, 0.717) is 16.9 Å². The molecule has 2 fully saturated rings. The fraction of sp³-hybridized carbons (Fsp3) is 0.286. The first-order valence-corrected chi connectivity index (χ1v) is 6.49. The Labute approximate surface area is 111 Å². The Balaban J connectivity index is 1.86. The minimum absolute atomic E-state index is 0.00285. The molecule has 0 spiro atoms. The molecule has 0 atom stereocenters. The van der Waals surface area contributed by atoms with E-state index in [-0.39, 0.29) is 5.91 Å². The summed E-state index contributed by atoms with van der Waals surface area (Å²) in [5.41, 5.74) is 2.80. The first-order valence-electron chi connectivity index (χ1n) is 6.08. The number of carbonyl (C=O) groups excluding carboxylic acids is 1. The Kier molecular flexibility index (Phi) is 2.67. The molecule has 3 rings (SSSR count). The summed E-state index contributed by atoms with van der Waals surface area (Å²) in [6.07, 6.45) is 3.98. The van der Waals surface area contributed by atoms with Gasteiger partial charge in [-0.05, 0) is 43.6 Å². The molecule has 4 heteroatoms. The standard InChI is InChI=1S/C14H14N2OS/c1-9-2-4-10(5-3-9)8-12-13(17)16(11-6-7-11)14(18)15-12/h2-5,8,11H,6-7H2,1H3,(H,15,18)/b12-8+. The van der Waals surface area contributed by atoms with E-state index >= 15 is 0 Å². The average Bonchev–Trinajstić information content (AvgIpc) is 3.12. The molecular formula is C14H14N2OS. The van der Waals surface area contributed by atoms with Crippen molar-refractivity contribution >= 4 is 29.3 Å². The summed E-state index contributed by atoms with van der Waals surface area (Å²) in [5, 5.41) is 3.55. The molecule has 1 aliphatic carbocycles. The zero-order valence-corrected chi connectivity index (χ0v) is 11.0. The molecule has 0 aromatic heterocycles. The second-order valence-corrected chi connectivity index (χ2v) is 5.19. The highest BCUT2D eigenvalue weighted by atomic mass is 32.1. The predicted octanol–water partition coefficient (Wildman–Crippen LogP) is 2.22. The van der Waals surface area contributed by atoms with Gasteiger partial charge in [0, 0.05) is 6.04 Å². The third kappa shape index (κ3) is 2.04. The highest BCUT2D eigenvalue weighted by Crippen LogP contribution is 2.30. The number of thiocarbonyl (C=S) groups is 1. The van der Waals surface area contributed by atoms with Crippen LogP contribution >= 0.6 is 12.2 Å². The van der Waals surface area contributed by atoms with Crippen LogP contribution in [0.25, 0.3) is 6.08 Å². The van der Waals surface area contributed by atoms with Crippen molar-refractivity contribution in [3.05, 3.63) is 41.1 Å². The summed E-state index contributed by atoms with van der Waals surface area (Å²) in [7, 11) is 0. The molecule has 1 saturated heterocycles. The van der Waals surface area contributed by atoms with Crippen LogP contribution in [-0.2, 0) is 4.79 Å². The molecule has 18 heavy (non-hydrogen) atoms. The lowest BCUT2D eigenvalue weighted by Gasteiger charge is -2.11. The van der Waals surface area contributed by atoms with Crippen molar-refractivity contribution in [1.29, 1.82) is 0 Å². The van der Waals surface area contributed by atoms with Gasteiger partial charge in [-0.2, -0.15) is 0 Å². The Hall–Kier alpha value is -1.68. The van der Waals surface area contributed by atoms with E-state index < -0.39 is 0 Å². The van der Waals surface area contributed by atoms with Crippen LogP contribution in [0.5, 0.6) is 0 Å². The predicted molar refractivity (Wildman–Crippen MR) is 74.8 cm³/mol. The van der Waals surface area contributed by atoms with E-state index in [0.717, 1.165) is 18.4 Å². The van der Waals surface area contributed by atoms with Gasteiger partial charge in [0.15, 0.2) is 5.11 Å². The van der Waals surface area contributed by atoms with Gasteiger partial charge in [0.2, 0.25) is 0 Å². The van der Waals surface area contributed by atoms with Crippen molar-refractivity contribution in [3.63, 3.8) is 0 Å². The van der Waals surface area contributed by atoms with Crippen LogP contribution in [0.4, 0.5) is 0 Å². The topological polar surface area (TPSA) is 32.3 Å². The summed E-state index contributed by atoms with van der Waals surface area (Å²) in [4.78, 5) is 13.9. The molecule has 1 amide bonds. The Bertz CT molecular complexity index is 543. The maximum Gasteiger partial charge on any atom is 0.276 e. The molecule has 2 aliphatic rings. The highest BCUT2D eigenvalue weighted by Gasteiger charge is 2.41. The van der Waals surface area contributed by atoms with E-state index in [9.17, 15) is 4.79 Å². The van der Waals surface area contributed by atoms with Crippen molar-refractivity contribution in [3.8, 4) is 0 Å². The fourth-order valence-electron chi connectivity index (χ4n) is 2.04. The normalized spacial score (nSPS) is 21.6. The second kappa shape index (κ2) is 4.21. The third-order valence-electron chi connectivity index (χ3n) is 3.21. The van der Waals surface area contributed by atoms with Crippen LogP contribution in [0.1, 0.15) is 24.0 Å². The van der Waals surface area contributed by atoms with Crippen molar-refractivity contribution in [2.24, 2.45) is 0 Å². The number of hydrogen-bond acceptors (Lipinski definition) is 2. The summed E-state index contributed by atoms with van der Waals surface area (Å²) >= 11 is 5.20. The van der Waals surface area contributed by atoms with Crippen molar-refractivity contribution in [1.82, 2.24) is 10.2 Å². The van der Waals surface area contributed by atoms with Crippen LogP contribution in [-0.4, -0.2) is 22.0 Å². The molecule has 0 unspecified atom stereocenters. The number of nitrogens with one attached hydrogen (secondary N) is 1.